The molecule has 140 valence electrons. The molecule has 0 unspecified atom stereocenters. The summed E-state index contributed by atoms with van der Waals surface area (Å²) in [4.78, 5) is 22.3. The number of hydrogen-bond acceptors (Lipinski definition) is 4. The molecule has 0 atom stereocenters. The van der Waals surface area contributed by atoms with Crippen LogP contribution >= 0.6 is 12.4 Å². The van der Waals surface area contributed by atoms with Crippen LogP contribution in [0.5, 0.6) is 0 Å². The van der Waals surface area contributed by atoms with Gasteiger partial charge in [0, 0.05) is 30.4 Å². The van der Waals surface area contributed by atoms with Crippen molar-refractivity contribution in [1.29, 1.82) is 0 Å². The first-order valence-corrected chi connectivity index (χ1v) is 8.92. The summed E-state index contributed by atoms with van der Waals surface area (Å²) >= 11 is 0. The summed E-state index contributed by atoms with van der Waals surface area (Å²) < 4.78 is 0. The molecule has 1 N–H and O–H groups in total. The molecule has 5 nitrogen and oxygen atoms in total. The SMILES string of the molecule is Cc1cc(-c2ccc3nc(N4CCC(C(=O)O)CC4)ccc3c2)ccn1.Cl. The van der Waals surface area contributed by atoms with Crippen molar-refractivity contribution in [3.05, 3.63) is 54.4 Å². The Labute approximate surface area is 164 Å². The molecule has 1 aromatic carbocycles. The predicted molar refractivity (Wildman–Crippen MR) is 110 cm³/mol. The minimum atomic E-state index is -0.685. The molecule has 1 aliphatic heterocycles. The average molecular weight is 384 g/mol. The summed E-state index contributed by atoms with van der Waals surface area (Å²) in [7, 11) is 0. The van der Waals surface area contributed by atoms with Gasteiger partial charge in [-0.1, -0.05) is 6.07 Å². The molecule has 0 spiro atoms. The molecule has 0 amide bonds. The molecule has 1 aliphatic rings. The van der Waals surface area contributed by atoms with Crippen molar-refractivity contribution >= 4 is 35.1 Å². The van der Waals surface area contributed by atoms with Gasteiger partial charge in [-0.3, -0.25) is 9.78 Å². The third-order valence-corrected chi connectivity index (χ3v) is 5.07. The van der Waals surface area contributed by atoms with Gasteiger partial charge < -0.3 is 10.0 Å². The monoisotopic (exact) mass is 383 g/mol. The second-order valence-electron chi connectivity index (χ2n) is 6.86. The molecule has 0 aliphatic carbocycles. The van der Waals surface area contributed by atoms with Crippen molar-refractivity contribution in [2.75, 3.05) is 18.0 Å². The highest BCUT2D eigenvalue weighted by Gasteiger charge is 2.25. The number of carboxylic acids is 1. The van der Waals surface area contributed by atoms with Crippen LogP contribution in [0, 0.1) is 12.8 Å². The maximum Gasteiger partial charge on any atom is 0.306 e. The van der Waals surface area contributed by atoms with E-state index in [4.69, 9.17) is 10.1 Å². The van der Waals surface area contributed by atoms with E-state index in [1.165, 1.54) is 0 Å². The fourth-order valence-electron chi connectivity index (χ4n) is 3.55. The summed E-state index contributed by atoms with van der Waals surface area (Å²) in [6.45, 7) is 3.47. The molecule has 1 saturated heterocycles. The first-order chi connectivity index (χ1) is 12.6. The topological polar surface area (TPSA) is 66.3 Å². The van der Waals surface area contributed by atoms with Gasteiger partial charge in [-0.15, -0.1) is 12.4 Å². The molecule has 6 heteroatoms. The highest BCUT2D eigenvalue weighted by atomic mass is 35.5. The Morgan fingerprint density at radius 1 is 1.07 bits per heavy atom. The normalized spacial score (nSPS) is 14.8. The van der Waals surface area contributed by atoms with Crippen molar-refractivity contribution in [1.82, 2.24) is 9.97 Å². The van der Waals surface area contributed by atoms with Gasteiger partial charge in [-0.2, -0.15) is 0 Å². The zero-order valence-electron chi connectivity index (χ0n) is 15.1. The maximum absolute atomic E-state index is 11.1. The molecule has 4 rings (SSSR count). The quantitative estimate of drug-likeness (QED) is 0.729. The number of carbonyl (C=O) groups is 1. The molecule has 3 heterocycles. The van der Waals surface area contributed by atoms with Gasteiger partial charge in [0.15, 0.2) is 0 Å². The van der Waals surface area contributed by atoms with Crippen LogP contribution in [0.3, 0.4) is 0 Å². The van der Waals surface area contributed by atoms with Gasteiger partial charge in [0.1, 0.15) is 5.82 Å². The lowest BCUT2D eigenvalue weighted by Gasteiger charge is -2.31. The first kappa shape index (κ1) is 19.1. The molecule has 27 heavy (non-hydrogen) atoms. The number of benzene rings is 1. The van der Waals surface area contributed by atoms with E-state index in [9.17, 15) is 4.79 Å². The lowest BCUT2D eigenvalue weighted by molar-refractivity contribution is -0.142. The number of hydrogen-bond donors (Lipinski definition) is 1. The van der Waals surface area contributed by atoms with Crippen molar-refractivity contribution in [2.24, 2.45) is 5.92 Å². The number of carboxylic acid groups (broad SMARTS) is 1. The molecule has 0 saturated carbocycles. The zero-order valence-corrected chi connectivity index (χ0v) is 15.9. The Morgan fingerprint density at radius 2 is 1.81 bits per heavy atom. The van der Waals surface area contributed by atoms with Gasteiger partial charge in [0.25, 0.3) is 0 Å². The number of halogens is 1. The van der Waals surface area contributed by atoms with E-state index >= 15 is 0 Å². The summed E-state index contributed by atoms with van der Waals surface area (Å²) in [5, 5.41) is 10.2. The van der Waals surface area contributed by atoms with Gasteiger partial charge in [-0.05, 0) is 67.3 Å². The Bertz CT molecular complexity index is 969. The predicted octanol–water partition coefficient (Wildman–Crippen LogP) is 4.33. The minimum Gasteiger partial charge on any atom is -0.481 e. The second-order valence-corrected chi connectivity index (χ2v) is 6.86. The van der Waals surface area contributed by atoms with Gasteiger partial charge in [0.05, 0.1) is 11.4 Å². The second kappa shape index (κ2) is 7.92. The van der Waals surface area contributed by atoms with Crippen LogP contribution in [0.15, 0.2) is 48.7 Å². The van der Waals surface area contributed by atoms with Gasteiger partial charge in [-0.25, -0.2) is 4.98 Å². The van der Waals surface area contributed by atoms with E-state index in [-0.39, 0.29) is 18.3 Å². The highest BCUT2D eigenvalue weighted by Crippen LogP contribution is 2.27. The lowest BCUT2D eigenvalue weighted by atomic mass is 9.97. The van der Waals surface area contributed by atoms with Crippen LogP contribution in [0.25, 0.3) is 22.0 Å². The van der Waals surface area contributed by atoms with E-state index in [2.05, 4.69) is 34.1 Å². The molecule has 0 bridgehead atoms. The first-order valence-electron chi connectivity index (χ1n) is 8.92. The fraction of sp³-hybridized carbons (Fsp3) is 0.286. The van der Waals surface area contributed by atoms with E-state index in [0.717, 1.165) is 46.6 Å². The van der Waals surface area contributed by atoms with Crippen molar-refractivity contribution in [3.63, 3.8) is 0 Å². The Balaban J connectivity index is 0.00000210. The summed E-state index contributed by atoms with van der Waals surface area (Å²) in [5.74, 6) is 0.0157. The highest BCUT2D eigenvalue weighted by molar-refractivity contribution is 5.86. The van der Waals surface area contributed by atoms with Crippen LogP contribution in [0.2, 0.25) is 0 Å². The van der Waals surface area contributed by atoms with E-state index in [1.54, 1.807) is 0 Å². The number of aliphatic carboxylic acids is 1. The number of rotatable bonds is 3. The molecule has 2 aromatic heterocycles. The maximum atomic E-state index is 11.1. The molecule has 1 fully saturated rings. The number of piperidine rings is 1. The minimum absolute atomic E-state index is 0. The number of aryl methyl sites for hydroxylation is 1. The van der Waals surface area contributed by atoms with Gasteiger partial charge >= 0.3 is 5.97 Å². The molecule has 0 radical (unpaired) electrons. The van der Waals surface area contributed by atoms with Crippen molar-refractivity contribution in [2.45, 2.75) is 19.8 Å². The summed E-state index contributed by atoms with van der Waals surface area (Å²) in [6, 6.07) is 14.5. The summed E-state index contributed by atoms with van der Waals surface area (Å²) in [6.07, 6.45) is 3.18. The van der Waals surface area contributed by atoms with Crippen LogP contribution in [0.1, 0.15) is 18.5 Å². The third-order valence-electron chi connectivity index (χ3n) is 5.07. The van der Waals surface area contributed by atoms with Crippen molar-refractivity contribution in [3.8, 4) is 11.1 Å². The molecular weight excluding hydrogens is 362 g/mol. The number of nitrogens with zero attached hydrogens (tertiary/aromatic N) is 3. The zero-order chi connectivity index (χ0) is 18.1. The van der Waals surface area contributed by atoms with Crippen molar-refractivity contribution < 1.29 is 9.90 Å². The van der Waals surface area contributed by atoms with Crippen LogP contribution < -0.4 is 4.90 Å². The fourth-order valence-corrected chi connectivity index (χ4v) is 3.55. The van der Waals surface area contributed by atoms with Crippen LogP contribution in [0.4, 0.5) is 5.82 Å². The van der Waals surface area contributed by atoms with E-state index < -0.39 is 5.97 Å². The standard InChI is InChI=1S/C21H21N3O2.ClH/c1-14-12-17(6-9-22-14)16-2-4-19-18(13-16)3-5-20(23-19)24-10-7-15(8-11-24)21(25)26;/h2-6,9,12-13,15H,7-8,10-11H2,1H3,(H,25,26);1H. The largest absolute Gasteiger partial charge is 0.481 e. The smallest absolute Gasteiger partial charge is 0.306 e. The Kier molecular flexibility index (Phi) is 5.61. The lowest BCUT2D eigenvalue weighted by Crippen LogP contribution is -2.36. The molecule has 3 aromatic rings. The number of fused-ring (bicyclic) bond motifs is 1. The van der Waals surface area contributed by atoms with Crippen LogP contribution in [-0.2, 0) is 4.79 Å². The number of aromatic nitrogens is 2. The summed E-state index contributed by atoms with van der Waals surface area (Å²) in [5.41, 5.74) is 4.26. The Morgan fingerprint density at radius 3 is 2.52 bits per heavy atom. The molecular formula is C21H22ClN3O2. The van der Waals surface area contributed by atoms with Crippen LogP contribution in [-0.4, -0.2) is 34.1 Å². The number of anilines is 1. The van der Waals surface area contributed by atoms with E-state index in [0.29, 0.717) is 12.8 Å². The number of pyridine rings is 2. The Hall–Kier alpha value is -2.66. The van der Waals surface area contributed by atoms with Gasteiger partial charge in [0.2, 0.25) is 0 Å². The average Bonchev–Trinajstić information content (AvgIpc) is 2.67. The third kappa shape index (κ3) is 4.03. The van der Waals surface area contributed by atoms with E-state index in [1.807, 2.05) is 31.3 Å².